The van der Waals surface area contributed by atoms with Gasteiger partial charge in [0.05, 0.1) is 11.1 Å². The number of aliphatic hydroxyl groups excluding tert-OH is 1. The third-order valence-electron chi connectivity index (χ3n) is 4.51. The summed E-state index contributed by atoms with van der Waals surface area (Å²) >= 11 is 6.17. The largest absolute Gasteiger partial charge is 0.393 e. The summed E-state index contributed by atoms with van der Waals surface area (Å²) in [6.45, 7) is 6.89. The zero-order valence-corrected chi connectivity index (χ0v) is 12.8. The lowest BCUT2D eigenvalue weighted by molar-refractivity contribution is 0.0196. The first-order valence-corrected chi connectivity index (χ1v) is 7.52. The monoisotopic (exact) mass is 281 g/mol. The molecule has 106 valence electrons. The van der Waals surface area contributed by atoms with E-state index < -0.39 is 0 Å². The molecule has 0 bridgehead atoms. The molecule has 3 unspecified atom stereocenters. The van der Waals surface area contributed by atoms with Crippen molar-refractivity contribution in [2.75, 3.05) is 0 Å². The van der Waals surface area contributed by atoms with Crippen molar-refractivity contribution in [3.63, 3.8) is 0 Å². The fourth-order valence-corrected chi connectivity index (χ4v) is 3.30. The summed E-state index contributed by atoms with van der Waals surface area (Å²) in [6.07, 6.45) is 7.26. The van der Waals surface area contributed by atoms with Gasteiger partial charge in [-0.15, -0.1) is 0 Å². The minimum absolute atomic E-state index is 0.192. The molecule has 1 aromatic heterocycles. The number of aromatic nitrogens is 1. The van der Waals surface area contributed by atoms with Crippen molar-refractivity contribution in [3.05, 3.63) is 29.0 Å². The third kappa shape index (κ3) is 3.70. The van der Waals surface area contributed by atoms with Crippen molar-refractivity contribution >= 4 is 11.6 Å². The molecule has 1 saturated carbocycles. The number of nitrogens with zero attached hydrogens (tertiary/aromatic N) is 1. The SMILES string of the molecule is CC(C)(C)C1CCC(O)C(Cc2ccncc2Cl)C1. The molecule has 2 rings (SSSR count). The number of halogens is 1. The fraction of sp³-hybridized carbons (Fsp3) is 0.688. The van der Waals surface area contributed by atoms with E-state index in [1.807, 2.05) is 6.07 Å². The molecular formula is C16H24ClNO. The minimum atomic E-state index is -0.192. The lowest BCUT2D eigenvalue weighted by atomic mass is 9.67. The number of hydrogen-bond acceptors (Lipinski definition) is 2. The maximum atomic E-state index is 10.2. The Morgan fingerprint density at radius 2 is 2.11 bits per heavy atom. The van der Waals surface area contributed by atoms with Crippen LogP contribution in [0.2, 0.25) is 5.02 Å². The number of aliphatic hydroxyl groups is 1. The summed E-state index contributed by atoms with van der Waals surface area (Å²) in [7, 11) is 0. The van der Waals surface area contributed by atoms with Gasteiger partial charge in [0.1, 0.15) is 0 Å². The van der Waals surface area contributed by atoms with Gasteiger partial charge in [-0.2, -0.15) is 0 Å². The van der Waals surface area contributed by atoms with Crippen LogP contribution in [0.15, 0.2) is 18.5 Å². The van der Waals surface area contributed by atoms with E-state index in [1.165, 1.54) is 0 Å². The molecule has 0 aromatic carbocycles. The molecule has 0 radical (unpaired) electrons. The normalized spacial score (nSPS) is 28.4. The number of hydrogen-bond donors (Lipinski definition) is 1. The Morgan fingerprint density at radius 1 is 1.37 bits per heavy atom. The zero-order valence-electron chi connectivity index (χ0n) is 12.1. The molecule has 3 atom stereocenters. The van der Waals surface area contributed by atoms with E-state index in [2.05, 4.69) is 25.8 Å². The minimum Gasteiger partial charge on any atom is -0.393 e. The molecule has 19 heavy (non-hydrogen) atoms. The summed E-state index contributed by atoms with van der Waals surface area (Å²) in [6, 6.07) is 1.97. The van der Waals surface area contributed by atoms with Crippen LogP contribution < -0.4 is 0 Å². The second-order valence-corrected chi connectivity index (χ2v) is 7.28. The second-order valence-electron chi connectivity index (χ2n) is 6.87. The van der Waals surface area contributed by atoms with E-state index in [0.717, 1.165) is 31.2 Å². The average molecular weight is 282 g/mol. The van der Waals surface area contributed by atoms with Gasteiger partial charge in [0, 0.05) is 12.4 Å². The van der Waals surface area contributed by atoms with Gasteiger partial charge in [0.15, 0.2) is 0 Å². The predicted octanol–water partition coefficient (Wildman–Crippen LogP) is 4.10. The first kappa shape index (κ1) is 14.8. The van der Waals surface area contributed by atoms with Gasteiger partial charge in [-0.05, 0) is 54.6 Å². The average Bonchev–Trinajstić information content (AvgIpc) is 2.33. The van der Waals surface area contributed by atoms with Crippen LogP contribution in [0.1, 0.15) is 45.6 Å². The van der Waals surface area contributed by atoms with E-state index >= 15 is 0 Å². The Balaban J connectivity index is 2.08. The van der Waals surface area contributed by atoms with Crippen molar-refractivity contribution in [1.29, 1.82) is 0 Å². The Labute approximate surface area is 121 Å². The van der Waals surface area contributed by atoms with Crippen LogP contribution in [0, 0.1) is 17.3 Å². The number of rotatable bonds is 2. The van der Waals surface area contributed by atoms with Gasteiger partial charge in [-0.1, -0.05) is 32.4 Å². The Bertz CT molecular complexity index is 427. The highest BCUT2D eigenvalue weighted by molar-refractivity contribution is 6.31. The topological polar surface area (TPSA) is 33.1 Å². The molecule has 0 saturated heterocycles. The van der Waals surface area contributed by atoms with Crippen molar-refractivity contribution in [1.82, 2.24) is 4.98 Å². The Morgan fingerprint density at radius 3 is 2.74 bits per heavy atom. The van der Waals surface area contributed by atoms with Gasteiger partial charge in [-0.3, -0.25) is 4.98 Å². The quantitative estimate of drug-likeness (QED) is 0.885. The molecule has 3 heteroatoms. The maximum Gasteiger partial charge on any atom is 0.0621 e. The summed E-state index contributed by atoms with van der Waals surface area (Å²) < 4.78 is 0. The van der Waals surface area contributed by atoms with Gasteiger partial charge in [-0.25, -0.2) is 0 Å². The highest BCUT2D eigenvalue weighted by atomic mass is 35.5. The zero-order chi connectivity index (χ0) is 14.0. The maximum absolute atomic E-state index is 10.2. The van der Waals surface area contributed by atoms with Crippen LogP contribution >= 0.6 is 11.6 Å². The van der Waals surface area contributed by atoms with Crippen molar-refractivity contribution in [2.45, 2.75) is 52.6 Å². The number of pyridine rings is 1. The molecule has 0 amide bonds. The molecule has 0 aliphatic heterocycles. The summed E-state index contributed by atoms with van der Waals surface area (Å²) in [5.74, 6) is 0.999. The highest BCUT2D eigenvalue weighted by Crippen LogP contribution is 2.41. The van der Waals surface area contributed by atoms with Crippen LogP contribution in [0.5, 0.6) is 0 Å². The van der Waals surface area contributed by atoms with E-state index in [1.54, 1.807) is 12.4 Å². The third-order valence-corrected chi connectivity index (χ3v) is 4.85. The molecule has 1 aliphatic carbocycles. The molecule has 0 spiro atoms. The summed E-state index contributed by atoms with van der Waals surface area (Å²) in [5, 5.41) is 11.0. The van der Waals surface area contributed by atoms with Crippen molar-refractivity contribution in [2.24, 2.45) is 17.3 Å². The molecule has 1 aromatic rings. The van der Waals surface area contributed by atoms with Crippen LogP contribution in [-0.2, 0) is 6.42 Å². The molecular weight excluding hydrogens is 258 g/mol. The van der Waals surface area contributed by atoms with Crippen LogP contribution in [0.25, 0.3) is 0 Å². The van der Waals surface area contributed by atoms with E-state index in [4.69, 9.17) is 11.6 Å². The van der Waals surface area contributed by atoms with Gasteiger partial charge < -0.3 is 5.11 Å². The first-order valence-electron chi connectivity index (χ1n) is 7.14. The van der Waals surface area contributed by atoms with E-state index in [0.29, 0.717) is 22.3 Å². The molecule has 1 fully saturated rings. The van der Waals surface area contributed by atoms with Crippen molar-refractivity contribution in [3.8, 4) is 0 Å². The van der Waals surface area contributed by atoms with E-state index in [-0.39, 0.29) is 6.10 Å². The van der Waals surface area contributed by atoms with Crippen LogP contribution in [-0.4, -0.2) is 16.2 Å². The fourth-order valence-electron chi connectivity index (χ4n) is 3.11. The standard InChI is InChI=1S/C16H24ClNO/c1-16(2,3)13-4-5-15(19)12(9-13)8-11-6-7-18-10-14(11)17/h6-7,10,12-13,15,19H,4-5,8-9H2,1-3H3. The van der Waals surface area contributed by atoms with Gasteiger partial charge >= 0.3 is 0 Å². The molecule has 1 heterocycles. The van der Waals surface area contributed by atoms with E-state index in [9.17, 15) is 5.11 Å². The Kier molecular flexibility index (Phi) is 4.52. The lowest BCUT2D eigenvalue weighted by Crippen LogP contribution is -2.35. The molecule has 1 N–H and O–H groups in total. The van der Waals surface area contributed by atoms with Crippen LogP contribution in [0.4, 0.5) is 0 Å². The highest BCUT2D eigenvalue weighted by Gasteiger charge is 2.35. The van der Waals surface area contributed by atoms with Crippen molar-refractivity contribution < 1.29 is 5.11 Å². The smallest absolute Gasteiger partial charge is 0.0621 e. The summed E-state index contributed by atoms with van der Waals surface area (Å²) in [5.41, 5.74) is 1.43. The predicted molar refractivity (Wildman–Crippen MR) is 79.2 cm³/mol. The van der Waals surface area contributed by atoms with Crippen LogP contribution in [0.3, 0.4) is 0 Å². The molecule has 2 nitrogen and oxygen atoms in total. The van der Waals surface area contributed by atoms with Gasteiger partial charge in [0.2, 0.25) is 0 Å². The lowest BCUT2D eigenvalue weighted by Gasteiger charge is -2.40. The summed E-state index contributed by atoms with van der Waals surface area (Å²) in [4.78, 5) is 4.02. The Hall–Kier alpha value is -0.600. The first-order chi connectivity index (χ1) is 8.88. The molecule has 1 aliphatic rings. The van der Waals surface area contributed by atoms with Gasteiger partial charge in [0.25, 0.3) is 0 Å². The second kappa shape index (κ2) is 5.80.